The smallest absolute Gasteiger partial charge is 0.395 e. The van der Waals surface area contributed by atoms with Crippen LogP contribution < -0.4 is 5.32 Å². The van der Waals surface area contributed by atoms with Gasteiger partial charge in [0.1, 0.15) is 0 Å². The predicted octanol–water partition coefficient (Wildman–Crippen LogP) is 1.86. The summed E-state index contributed by atoms with van der Waals surface area (Å²) in [6, 6.07) is -0.961. The van der Waals surface area contributed by atoms with Crippen molar-refractivity contribution in [3.63, 3.8) is 0 Å². The van der Waals surface area contributed by atoms with Crippen LogP contribution in [0.25, 0.3) is 0 Å². The molecule has 2 N–H and O–H groups in total. The number of halogens is 6. The van der Waals surface area contributed by atoms with E-state index in [4.69, 9.17) is 5.11 Å². The molecule has 1 unspecified atom stereocenters. The Bertz CT molecular complexity index is 216. The van der Waals surface area contributed by atoms with Gasteiger partial charge in [0.25, 0.3) is 0 Å². The normalized spacial score (nSPS) is 15.2. The monoisotopic (exact) mass is 283 g/mol. The molecule has 9 heteroatoms. The van der Waals surface area contributed by atoms with Gasteiger partial charge in [-0.2, -0.15) is 26.3 Å². The fourth-order valence-corrected chi connectivity index (χ4v) is 1.11. The molecule has 0 radical (unpaired) electrons. The second-order valence-electron chi connectivity index (χ2n) is 3.63. The quantitative estimate of drug-likeness (QED) is 0.701. The highest BCUT2D eigenvalue weighted by Gasteiger charge is 2.58. The van der Waals surface area contributed by atoms with Crippen LogP contribution in [-0.2, 0) is 4.74 Å². The van der Waals surface area contributed by atoms with Gasteiger partial charge >= 0.3 is 12.4 Å². The minimum Gasteiger partial charge on any atom is -0.395 e. The van der Waals surface area contributed by atoms with E-state index in [9.17, 15) is 26.3 Å². The van der Waals surface area contributed by atoms with E-state index >= 15 is 0 Å². The van der Waals surface area contributed by atoms with E-state index in [1.807, 2.05) is 0 Å². The highest BCUT2D eigenvalue weighted by molar-refractivity contribution is 4.77. The van der Waals surface area contributed by atoms with E-state index in [-0.39, 0.29) is 0 Å². The zero-order chi connectivity index (χ0) is 14.4. The lowest BCUT2D eigenvalue weighted by Gasteiger charge is -2.25. The third-order valence-electron chi connectivity index (χ3n) is 1.96. The van der Waals surface area contributed by atoms with Crippen LogP contribution in [0.15, 0.2) is 0 Å². The Labute approximate surface area is 100 Å². The molecule has 0 bridgehead atoms. The second-order valence-corrected chi connectivity index (χ2v) is 3.63. The molecule has 0 fully saturated rings. The molecule has 0 spiro atoms. The number of hydrogen-bond acceptors (Lipinski definition) is 3. The largest absolute Gasteiger partial charge is 0.423 e. The Hall–Kier alpha value is -0.540. The minimum absolute atomic E-state index is 0.358. The lowest BCUT2D eigenvalue weighted by atomic mass is 10.3. The Kier molecular flexibility index (Phi) is 6.93. The van der Waals surface area contributed by atoms with Gasteiger partial charge in [-0.25, -0.2) is 0 Å². The Balaban J connectivity index is 4.43. The molecule has 110 valence electrons. The van der Waals surface area contributed by atoms with Crippen LogP contribution in [0.5, 0.6) is 0 Å². The number of hydrogen-bond donors (Lipinski definition) is 2. The molecule has 0 aromatic heterocycles. The molecule has 0 heterocycles. The maximum absolute atomic E-state index is 12.1. The van der Waals surface area contributed by atoms with E-state index in [1.165, 1.54) is 0 Å². The van der Waals surface area contributed by atoms with Crippen molar-refractivity contribution in [2.24, 2.45) is 0 Å². The van der Waals surface area contributed by atoms with Crippen molar-refractivity contribution in [1.29, 1.82) is 0 Å². The molecule has 0 saturated carbocycles. The topological polar surface area (TPSA) is 41.5 Å². The van der Waals surface area contributed by atoms with Gasteiger partial charge in [0.05, 0.1) is 19.3 Å². The van der Waals surface area contributed by atoms with Crippen molar-refractivity contribution in [2.45, 2.75) is 37.8 Å². The van der Waals surface area contributed by atoms with Gasteiger partial charge in [-0.15, -0.1) is 0 Å². The molecule has 18 heavy (non-hydrogen) atoms. The predicted molar refractivity (Wildman–Crippen MR) is 51.0 cm³/mol. The molecule has 0 aliphatic heterocycles. The molecular formula is C9H15F6NO2. The third-order valence-corrected chi connectivity index (χ3v) is 1.96. The Morgan fingerprint density at radius 3 is 1.94 bits per heavy atom. The highest BCUT2D eigenvalue weighted by Crippen LogP contribution is 2.35. The maximum Gasteiger partial charge on any atom is 0.423 e. The molecule has 0 aromatic rings. The van der Waals surface area contributed by atoms with Gasteiger partial charge < -0.3 is 15.2 Å². The summed E-state index contributed by atoms with van der Waals surface area (Å²) < 4.78 is 76.4. The molecule has 3 nitrogen and oxygen atoms in total. The van der Waals surface area contributed by atoms with Crippen LogP contribution in [0.2, 0.25) is 0 Å². The summed E-state index contributed by atoms with van der Waals surface area (Å²) in [5.74, 6) is 0. The first kappa shape index (κ1) is 17.5. The SMILES string of the molecule is CCCNC(CO)COC(C(F)(F)F)C(F)(F)F. The van der Waals surface area contributed by atoms with Gasteiger partial charge in [-0.1, -0.05) is 6.92 Å². The van der Waals surface area contributed by atoms with E-state index in [1.54, 1.807) is 6.92 Å². The van der Waals surface area contributed by atoms with Crippen LogP contribution in [0, 0.1) is 0 Å². The van der Waals surface area contributed by atoms with Crippen molar-refractivity contribution >= 4 is 0 Å². The summed E-state index contributed by atoms with van der Waals surface area (Å²) in [5, 5.41) is 11.3. The number of alkyl halides is 6. The van der Waals surface area contributed by atoms with Crippen molar-refractivity contribution in [1.82, 2.24) is 5.32 Å². The Morgan fingerprint density at radius 2 is 1.61 bits per heavy atom. The van der Waals surface area contributed by atoms with E-state index in [0.717, 1.165) is 0 Å². The highest BCUT2D eigenvalue weighted by atomic mass is 19.4. The van der Waals surface area contributed by atoms with Crippen molar-refractivity contribution in [2.75, 3.05) is 19.8 Å². The zero-order valence-corrected chi connectivity index (χ0v) is 9.61. The molecule has 0 aliphatic rings. The molecule has 0 saturated heterocycles. The van der Waals surface area contributed by atoms with Gasteiger partial charge in [0.15, 0.2) is 0 Å². The summed E-state index contributed by atoms with van der Waals surface area (Å²) in [6.45, 7) is 0.635. The van der Waals surface area contributed by atoms with E-state index in [2.05, 4.69) is 10.1 Å². The van der Waals surface area contributed by atoms with Crippen LogP contribution in [-0.4, -0.2) is 49.4 Å². The average Bonchev–Trinajstić information content (AvgIpc) is 2.19. The summed E-state index contributed by atoms with van der Waals surface area (Å²) in [4.78, 5) is 0. The molecule has 0 aliphatic carbocycles. The van der Waals surface area contributed by atoms with Gasteiger partial charge in [-0.3, -0.25) is 0 Å². The van der Waals surface area contributed by atoms with Gasteiger partial charge in [0, 0.05) is 0 Å². The maximum atomic E-state index is 12.1. The number of nitrogens with one attached hydrogen (secondary N) is 1. The van der Waals surface area contributed by atoms with Crippen molar-refractivity contribution < 1.29 is 36.2 Å². The fraction of sp³-hybridized carbons (Fsp3) is 1.00. The summed E-state index contributed by atoms with van der Waals surface area (Å²) in [6.07, 6.45) is -14.3. The van der Waals surface area contributed by atoms with Crippen molar-refractivity contribution in [3.8, 4) is 0 Å². The van der Waals surface area contributed by atoms with Crippen molar-refractivity contribution in [3.05, 3.63) is 0 Å². The van der Waals surface area contributed by atoms with E-state index < -0.39 is 37.7 Å². The van der Waals surface area contributed by atoms with Crippen LogP contribution in [0.3, 0.4) is 0 Å². The number of aliphatic hydroxyl groups excluding tert-OH is 1. The third kappa shape index (κ3) is 6.41. The summed E-state index contributed by atoms with van der Waals surface area (Å²) in [7, 11) is 0. The fourth-order valence-electron chi connectivity index (χ4n) is 1.11. The number of ether oxygens (including phenoxy) is 1. The Morgan fingerprint density at radius 1 is 1.11 bits per heavy atom. The van der Waals surface area contributed by atoms with E-state index in [0.29, 0.717) is 13.0 Å². The number of rotatable bonds is 7. The lowest BCUT2D eigenvalue weighted by Crippen LogP contribution is -2.47. The lowest BCUT2D eigenvalue weighted by molar-refractivity contribution is -0.322. The molecule has 1 atom stereocenters. The molecule has 0 amide bonds. The van der Waals surface area contributed by atoms with Crippen LogP contribution >= 0.6 is 0 Å². The summed E-state index contributed by atoms with van der Waals surface area (Å²) in [5.41, 5.74) is 0. The minimum atomic E-state index is -5.52. The molecule has 0 rings (SSSR count). The van der Waals surface area contributed by atoms with Crippen LogP contribution in [0.4, 0.5) is 26.3 Å². The number of aliphatic hydroxyl groups is 1. The van der Waals surface area contributed by atoms with Crippen LogP contribution in [0.1, 0.15) is 13.3 Å². The summed E-state index contributed by atoms with van der Waals surface area (Å²) >= 11 is 0. The van der Waals surface area contributed by atoms with Gasteiger partial charge in [-0.05, 0) is 13.0 Å². The first-order chi connectivity index (χ1) is 8.12. The van der Waals surface area contributed by atoms with Gasteiger partial charge in [0.2, 0.25) is 6.10 Å². The standard InChI is InChI=1S/C9H15F6NO2/c1-2-3-16-6(4-17)5-18-7(8(10,11)12)9(13,14)15/h6-7,16-17H,2-5H2,1H3. The first-order valence-electron chi connectivity index (χ1n) is 5.22. The zero-order valence-electron chi connectivity index (χ0n) is 9.61. The first-order valence-corrected chi connectivity index (χ1v) is 5.22. The second kappa shape index (κ2) is 7.15. The molecule has 0 aromatic carbocycles. The molecular weight excluding hydrogens is 268 g/mol. The average molecular weight is 283 g/mol.